The van der Waals surface area contributed by atoms with Crippen molar-refractivity contribution in [2.45, 2.75) is 6.54 Å². The van der Waals surface area contributed by atoms with E-state index in [-0.39, 0.29) is 6.54 Å². The van der Waals surface area contributed by atoms with Crippen molar-refractivity contribution in [3.8, 4) is 0 Å². The molecule has 4 heteroatoms. The Morgan fingerprint density at radius 2 is 2.50 bits per heavy atom. The van der Waals surface area contributed by atoms with Gasteiger partial charge in [0.25, 0.3) is 0 Å². The predicted molar refractivity (Wildman–Crippen MR) is 35.5 cm³/mol. The fraction of sp³-hybridized carbons (Fsp3) is 0.167. The van der Waals surface area contributed by atoms with Gasteiger partial charge < -0.3 is 4.42 Å². The van der Waals surface area contributed by atoms with Crippen molar-refractivity contribution in [2.24, 2.45) is 4.99 Å². The minimum Gasteiger partial charge on any atom is -0.448 e. The fourth-order valence-electron chi connectivity index (χ4n) is 0.547. The van der Waals surface area contributed by atoms with Gasteiger partial charge in [-0.1, -0.05) is 0 Å². The van der Waals surface area contributed by atoms with Gasteiger partial charge in [-0.3, -0.25) is 0 Å². The van der Waals surface area contributed by atoms with Crippen LogP contribution in [-0.4, -0.2) is 6.08 Å². The number of hydrogen-bond acceptors (Lipinski definition) is 3. The highest BCUT2D eigenvalue weighted by Crippen LogP contribution is 2.13. The number of carbonyl (C=O) groups excluding carboxylic acids is 1. The highest BCUT2D eigenvalue weighted by atomic mass is 35.5. The largest absolute Gasteiger partial charge is 0.448 e. The van der Waals surface area contributed by atoms with E-state index in [9.17, 15) is 4.79 Å². The van der Waals surface area contributed by atoms with Gasteiger partial charge in [0.05, 0.1) is 0 Å². The van der Waals surface area contributed by atoms with Crippen LogP contribution < -0.4 is 0 Å². The zero-order chi connectivity index (χ0) is 7.40. The van der Waals surface area contributed by atoms with Crippen LogP contribution in [0.25, 0.3) is 0 Å². The third kappa shape index (κ3) is 1.72. The van der Waals surface area contributed by atoms with Gasteiger partial charge in [0.2, 0.25) is 6.08 Å². The molecule has 0 radical (unpaired) electrons. The van der Waals surface area contributed by atoms with Crippen molar-refractivity contribution in [1.82, 2.24) is 0 Å². The Morgan fingerprint density at radius 3 is 3.00 bits per heavy atom. The van der Waals surface area contributed by atoms with Crippen LogP contribution in [0.4, 0.5) is 0 Å². The topological polar surface area (TPSA) is 42.6 Å². The smallest absolute Gasteiger partial charge is 0.235 e. The Labute approximate surface area is 62.3 Å². The van der Waals surface area contributed by atoms with Gasteiger partial charge in [0.15, 0.2) is 5.22 Å². The molecule has 0 fully saturated rings. The molecule has 1 aromatic heterocycles. The summed E-state index contributed by atoms with van der Waals surface area (Å²) in [5, 5.41) is 0.302. The van der Waals surface area contributed by atoms with Crippen molar-refractivity contribution < 1.29 is 9.21 Å². The first kappa shape index (κ1) is 7.06. The van der Waals surface area contributed by atoms with Gasteiger partial charge in [-0.25, -0.2) is 4.79 Å². The van der Waals surface area contributed by atoms with Crippen molar-refractivity contribution in [2.75, 3.05) is 0 Å². The number of hydrogen-bond donors (Lipinski definition) is 0. The van der Waals surface area contributed by atoms with Crippen LogP contribution in [0.5, 0.6) is 0 Å². The predicted octanol–water partition coefficient (Wildman–Crippen LogP) is 1.77. The minimum absolute atomic E-state index is 0.205. The van der Waals surface area contributed by atoms with E-state index in [1.807, 2.05) is 0 Å². The van der Waals surface area contributed by atoms with E-state index in [2.05, 4.69) is 4.99 Å². The molecule has 10 heavy (non-hydrogen) atoms. The number of nitrogens with zero attached hydrogens (tertiary/aromatic N) is 1. The molecule has 1 rings (SSSR count). The number of rotatable bonds is 2. The van der Waals surface area contributed by atoms with Crippen molar-refractivity contribution in [3.05, 3.63) is 23.1 Å². The van der Waals surface area contributed by atoms with Crippen LogP contribution in [0.3, 0.4) is 0 Å². The summed E-state index contributed by atoms with van der Waals surface area (Å²) in [5.41, 5.74) is 0. The maximum atomic E-state index is 9.62. The minimum atomic E-state index is 0.205. The summed E-state index contributed by atoms with van der Waals surface area (Å²) in [5.74, 6) is 0.563. The molecule has 0 aromatic carbocycles. The van der Waals surface area contributed by atoms with Gasteiger partial charge in [-0.05, 0) is 23.7 Å². The first-order valence-corrected chi connectivity index (χ1v) is 2.98. The first-order valence-electron chi connectivity index (χ1n) is 2.61. The molecule has 3 nitrogen and oxygen atoms in total. The van der Waals surface area contributed by atoms with Crippen LogP contribution in [-0.2, 0) is 11.3 Å². The second kappa shape index (κ2) is 3.20. The van der Waals surface area contributed by atoms with E-state index in [4.69, 9.17) is 16.0 Å². The zero-order valence-electron chi connectivity index (χ0n) is 5.00. The van der Waals surface area contributed by atoms with Crippen LogP contribution >= 0.6 is 11.6 Å². The summed E-state index contributed by atoms with van der Waals surface area (Å²) in [4.78, 5) is 12.9. The van der Waals surface area contributed by atoms with Gasteiger partial charge in [-0.2, -0.15) is 4.99 Å². The number of aliphatic imine (C=N–C) groups is 1. The van der Waals surface area contributed by atoms with Crippen molar-refractivity contribution in [3.63, 3.8) is 0 Å². The van der Waals surface area contributed by atoms with Gasteiger partial charge in [0, 0.05) is 0 Å². The molecule has 1 heterocycles. The molecule has 0 unspecified atom stereocenters. The quantitative estimate of drug-likeness (QED) is 0.485. The summed E-state index contributed by atoms with van der Waals surface area (Å²) in [6, 6.07) is 3.25. The molecule has 0 atom stereocenters. The zero-order valence-corrected chi connectivity index (χ0v) is 5.76. The van der Waals surface area contributed by atoms with Crippen molar-refractivity contribution in [1.29, 1.82) is 0 Å². The third-order valence-corrected chi connectivity index (χ3v) is 1.13. The van der Waals surface area contributed by atoms with Crippen LogP contribution in [0.15, 0.2) is 21.5 Å². The van der Waals surface area contributed by atoms with Crippen LogP contribution in [0, 0.1) is 0 Å². The molecular formula is C6H4ClNO2. The molecule has 1 aromatic rings. The van der Waals surface area contributed by atoms with E-state index < -0.39 is 0 Å². The average molecular weight is 158 g/mol. The number of furan rings is 1. The molecule has 0 spiro atoms. The lowest BCUT2D eigenvalue weighted by Gasteiger charge is -1.82. The van der Waals surface area contributed by atoms with E-state index in [1.165, 1.54) is 6.08 Å². The van der Waals surface area contributed by atoms with Gasteiger partial charge >= 0.3 is 0 Å². The van der Waals surface area contributed by atoms with Crippen molar-refractivity contribution >= 4 is 17.7 Å². The second-order valence-corrected chi connectivity index (χ2v) is 1.99. The van der Waals surface area contributed by atoms with Gasteiger partial charge in [0.1, 0.15) is 12.3 Å². The Kier molecular flexibility index (Phi) is 2.26. The standard InChI is InChI=1S/C6H4ClNO2/c7-6-2-1-5(10-6)3-8-4-9/h1-2H,3H2. The first-order chi connectivity index (χ1) is 4.83. The monoisotopic (exact) mass is 157 g/mol. The molecule has 0 aliphatic carbocycles. The molecule has 0 N–H and O–H groups in total. The van der Waals surface area contributed by atoms with Crippen LogP contribution in [0.2, 0.25) is 5.22 Å². The summed E-state index contributed by atoms with van der Waals surface area (Å²) >= 11 is 5.43. The SMILES string of the molecule is O=C=NCc1ccc(Cl)o1. The maximum Gasteiger partial charge on any atom is 0.235 e. The van der Waals surface area contributed by atoms with E-state index in [0.717, 1.165) is 0 Å². The number of isocyanates is 1. The Hall–Kier alpha value is -1.05. The molecule has 0 saturated carbocycles. The number of halogens is 1. The lowest BCUT2D eigenvalue weighted by atomic mass is 10.5. The van der Waals surface area contributed by atoms with Crippen LogP contribution in [0.1, 0.15) is 5.76 Å². The Balaban J connectivity index is 2.66. The third-order valence-electron chi connectivity index (χ3n) is 0.928. The molecule has 0 amide bonds. The normalized spacial score (nSPS) is 8.90. The molecule has 0 bridgehead atoms. The molecule has 52 valence electrons. The highest BCUT2D eigenvalue weighted by Gasteiger charge is 1.95. The summed E-state index contributed by atoms with van der Waals surface area (Å²) in [7, 11) is 0. The summed E-state index contributed by atoms with van der Waals surface area (Å²) in [6.45, 7) is 0.205. The second-order valence-electron chi connectivity index (χ2n) is 1.61. The van der Waals surface area contributed by atoms with Gasteiger partial charge in [-0.15, -0.1) is 0 Å². The summed E-state index contributed by atoms with van der Waals surface area (Å²) in [6.07, 6.45) is 1.40. The average Bonchev–Trinajstić information content (AvgIpc) is 2.31. The Bertz CT molecular complexity index is 262. The molecule has 0 aliphatic rings. The lowest BCUT2D eigenvalue weighted by Crippen LogP contribution is -1.72. The van der Waals surface area contributed by atoms with E-state index >= 15 is 0 Å². The molecular weight excluding hydrogens is 154 g/mol. The maximum absolute atomic E-state index is 9.62. The lowest BCUT2D eigenvalue weighted by molar-refractivity contribution is 0.511. The highest BCUT2D eigenvalue weighted by molar-refractivity contribution is 6.28. The molecule has 0 aliphatic heterocycles. The van der Waals surface area contributed by atoms with E-state index in [1.54, 1.807) is 12.1 Å². The fourth-order valence-corrected chi connectivity index (χ4v) is 0.709. The molecule has 0 saturated heterocycles. The van der Waals surface area contributed by atoms with E-state index in [0.29, 0.717) is 11.0 Å². The summed E-state index contributed by atoms with van der Waals surface area (Å²) < 4.78 is 4.88. The Morgan fingerprint density at radius 1 is 1.70 bits per heavy atom.